The quantitative estimate of drug-likeness (QED) is 0.818. The van der Waals surface area contributed by atoms with E-state index in [0.29, 0.717) is 16.0 Å². The van der Waals surface area contributed by atoms with E-state index in [-0.39, 0.29) is 18.1 Å². The van der Waals surface area contributed by atoms with Crippen LogP contribution < -0.4 is 15.2 Å². The van der Waals surface area contributed by atoms with E-state index in [2.05, 4.69) is 15.9 Å². The monoisotopic (exact) mass is 271 g/mol. The predicted octanol–water partition coefficient (Wildman–Crippen LogP) is 1.83. The molecule has 1 aliphatic heterocycles. The number of hydrogen-bond acceptors (Lipinski definition) is 4. The summed E-state index contributed by atoms with van der Waals surface area (Å²) in [6.07, 6.45) is 1.79. The van der Waals surface area contributed by atoms with Crippen LogP contribution in [0.5, 0.6) is 17.2 Å². The smallest absolute Gasteiger partial charge is 0.231 e. The van der Waals surface area contributed by atoms with Gasteiger partial charge in [-0.1, -0.05) is 0 Å². The number of halogens is 1. The summed E-state index contributed by atoms with van der Waals surface area (Å²) in [5.74, 6) is 1.37. The molecule has 0 amide bonds. The molecule has 0 aromatic heterocycles. The molecule has 0 unspecified atom stereocenters. The van der Waals surface area contributed by atoms with Gasteiger partial charge in [-0.3, -0.25) is 0 Å². The van der Waals surface area contributed by atoms with E-state index in [9.17, 15) is 5.11 Å². The molecule has 1 aromatic carbocycles. The molecule has 0 radical (unpaired) electrons. The van der Waals surface area contributed by atoms with Crippen LogP contribution in [0, 0.1) is 0 Å². The van der Waals surface area contributed by atoms with Crippen molar-refractivity contribution >= 4 is 15.9 Å². The first kappa shape index (κ1) is 9.30. The van der Waals surface area contributed by atoms with Gasteiger partial charge in [0.25, 0.3) is 0 Å². The molecule has 1 aliphatic carbocycles. The van der Waals surface area contributed by atoms with Crippen molar-refractivity contribution in [3.63, 3.8) is 0 Å². The van der Waals surface area contributed by atoms with E-state index in [1.54, 1.807) is 6.07 Å². The topological polar surface area (TPSA) is 64.7 Å². The van der Waals surface area contributed by atoms with Crippen LogP contribution in [0.2, 0.25) is 0 Å². The fourth-order valence-electron chi connectivity index (χ4n) is 1.78. The van der Waals surface area contributed by atoms with Gasteiger partial charge in [0.15, 0.2) is 11.5 Å². The number of hydrogen-bond donors (Lipinski definition) is 2. The summed E-state index contributed by atoms with van der Waals surface area (Å²) in [7, 11) is 0. The largest absolute Gasteiger partial charge is 0.506 e. The number of rotatable bonds is 1. The number of phenolic OH excluding ortho intramolecular Hbond substituents is 1. The van der Waals surface area contributed by atoms with Gasteiger partial charge in [-0.25, -0.2) is 0 Å². The second-order valence-corrected chi connectivity index (χ2v) is 4.77. The Morgan fingerprint density at radius 1 is 1.40 bits per heavy atom. The minimum absolute atomic E-state index is 0.166. The van der Waals surface area contributed by atoms with Crippen molar-refractivity contribution < 1.29 is 14.6 Å². The van der Waals surface area contributed by atoms with Crippen molar-refractivity contribution in [2.24, 2.45) is 5.73 Å². The van der Waals surface area contributed by atoms with Gasteiger partial charge in [-0.05, 0) is 34.8 Å². The Labute approximate surface area is 95.1 Å². The number of nitrogens with two attached hydrogens (primary N) is 1. The van der Waals surface area contributed by atoms with Gasteiger partial charge in [0.1, 0.15) is 10.2 Å². The molecule has 0 bridgehead atoms. The van der Waals surface area contributed by atoms with Crippen LogP contribution in [0.3, 0.4) is 0 Å². The zero-order valence-corrected chi connectivity index (χ0v) is 9.50. The minimum atomic E-state index is -0.381. The molecule has 2 aliphatic rings. The summed E-state index contributed by atoms with van der Waals surface area (Å²) >= 11 is 3.29. The standard InChI is InChI=1S/C10H10BrNO3/c11-7-8(13)5(10(12)1-2-10)3-6-9(7)15-4-14-6/h3,13H,1-2,4,12H2. The molecule has 1 fully saturated rings. The summed E-state index contributed by atoms with van der Waals surface area (Å²) in [6, 6.07) is 1.77. The average molecular weight is 272 g/mol. The molecule has 3 N–H and O–H groups in total. The molecule has 1 saturated carbocycles. The second kappa shape index (κ2) is 2.80. The Kier molecular flexibility index (Phi) is 1.73. The van der Waals surface area contributed by atoms with Gasteiger partial charge >= 0.3 is 0 Å². The van der Waals surface area contributed by atoms with E-state index in [1.807, 2.05) is 0 Å². The van der Waals surface area contributed by atoms with E-state index < -0.39 is 0 Å². The number of phenols is 1. The third kappa shape index (κ3) is 1.23. The molecule has 80 valence electrons. The molecule has 0 saturated heterocycles. The highest BCUT2D eigenvalue weighted by Crippen LogP contribution is 2.54. The van der Waals surface area contributed by atoms with Crippen LogP contribution in [0.15, 0.2) is 10.5 Å². The molecule has 3 rings (SSSR count). The maximum absolute atomic E-state index is 9.97. The fourth-order valence-corrected chi connectivity index (χ4v) is 2.30. The van der Waals surface area contributed by atoms with Crippen LogP contribution in [-0.4, -0.2) is 11.9 Å². The maximum atomic E-state index is 9.97. The van der Waals surface area contributed by atoms with E-state index >= 15 is 0 Å². The highest BCUT2D eigenvalue weighted by Gasteiger charge is 2.43. The van der Waals surface area contributed by atoms with Gasteiger partial charge in [0, 0.05) is 11.1 Å². The van der Waals surface area contributed by atoms with Crippen molar-refractivity contribution in [1.29, 1.82) is 0 Å². The number of benzene rings is 1. The molecule has 1 aromatic rings. The highest BCUT2D eigenvalue weighted by molar-refractivity contribution is 9.10. The first-order valence-corrected chi connectivity index (χ1v) is 5.51. The molecule has 0 atom stereocenters. The molecular weight excluding hydrogens is 262 g/mol. The van der Waals surface area contributed by atoms with Gasteiger partial charge in [0.2, 0.25) is 6.79 Å². The lowest BCUT2D eigenvalue weighted by Gasteiger charge is -2.13. The maximum Gasteiger partial charge on any atom is 0.231 e. The van der Waals surface area contributed by atoms with Crippen LogP contribution in [0.25, 0.3) is 0 Å². The SMILES string of the molecule is NC1(c2cc3c(c(Br)c2O)OCO3)CC1. The van der Waals surface area contributed by atoms with Crippen LogP contribution in [0.4, 0.5) is 0 Å². The summed E-state index contributed by atoms with van der Waals surface area (Å²) < 4.78 is 11.0. The van der Waals surface area contributed by atoms with Crippen molar-refractivity contribution in [3.8, 4) is 17.2 Å². The lowest BCUT2D eigenvalue weighted by Crippen LogP contribution is -2.18. The zero-order valence-electron chi connectivity index (χ0n) is 7.92. The lowest BCUT2D eigenvalue weighted by molar-refractivity contribution is 0.173. The normalized spacial score (nSPS) is 20.4. The van der Waals surface area contributed by atoms with Crippen LogP contribution in [0.1, 0.15) is 18.4 Å². The highest BCUT2D eigenvalue weighted by atomic mass is 79.9. The Morgan fingerprint density at radius 2 is 2.13 bits per heavy atom. The summed E-state index contributed by atoms with van der Waals surface area (Å²) in [5, 5.41) is 9.97. The van der Waals surface area contributed by atoms with Crippen LogP contribution >= 0.6 is 15.9 Å². The number of ether oxygens (including phenoxy) is 2. The average Bonchev–Trinajstić information content (AvgIpc) is 2.80. The van der Waals surface area contributed by atoms with Crippen molar-refractivity contribution in [2.45, 2.75) is 18.4 Å². The summed E-state index contributed by atoms with van der Waals surface area (Å²) in [4.78, 5) is 0. The Morgan fingerprint density at radius 3 is 2.80 bits per heavy atom. The molecule has 15 heavy (non-hydrogen) atoms. The first-order valence-electron chi connectivity index (χ1n) is 4.72. The zero-order chi connectivity index (χ0) is 10.6. The number of fused-ring (bicyclic) bond motifs is 1. The number of aromatic hydroxyl groups is 1. The van der Waals surface area contributed by atoms with Crippen LogP contribution in [-0.2, 0) is 5.54 Å². The third-order valence-corrected chi connectivity index (χ3v) is 3.64. The molecule has 0 spiro atoms. The predicted molar refractivity (Wildman–Crippen MR) is 57.0 cm³/mol. The van der Waals surface area contributed by atoms with Crippen molar-refractivity contribution in [1.82, 2.24) is 0 Å². The van der Waals surface area contributed by atoms with Gasteiger partial charge < -0.3 is 20.3 Å². The van der Waals surface area contributed by atoms with Gasteiger partial charge in [0.05, 0.1) is 0 Å². The Bertz CT molecular complexity index is 443. The van der Waals surface area contributed by atoms with Gasteiger partial charge in [-0.2, -0.15) is 0 Å². The third-order valence-electron chi connectivity index (χ3n) is 2.90. The molecule has 1 heterocycles. The minimum Gasteiger partial charge on any atom is -0.506 e. The Hall–Kier alpha value is -0.940. The van der Waals surface area contributed by atoms with E-state index in [1.165, 1.54) is 0 Å². The summed E-state index contributed by atoms with van der Waals surface area (Å²) in [5.41, 5.74) is 6.41. The molecular formula is C10H10BrNO3. The first-order chi connectivity index (χ1) is 7.12. The lowest BCUT2D eigenvalue weighted by atomic mass is 10.0. The van der Waals surface area contributed by atoms with Crippen molar-refractivity contribution in [3.05, 3.63) is 16.1 Å². The fraction of sp³-hybridized carbons (Fsp3) is 0.400. The second-order valence-electron chi connectivity index (χ2n) is 3.98. The molecule has 4 nitrogen and oxygen atoms in total. The Balaban J connectivity index is 2.20. The van der Waals surface area contributed by atoms with Crippen molar-refractivity contribution in [2.75, 3.05) is 6.79 Å². The van der Waals surface area contributed by atoms with E-state index in [4.69, 9.17) is 15.2 Å². The summed E-state index contributed by atoms with van der Waals surface area (Å²) in [6.45, 7) is 0.189. The molecule has 5 heteroatoms. The van der Waals surface area contributed by atoms with Gasteiger partial charge in [-0.15, -0.1) is 0 Å². The van der Waals surface area contributed by atoms with E-state index in [0.717, 1.165) is 18.4 Å².